The van der Waals surface area contributed by atoms with Crippen molar-refractivity contribution in [2.75, 3.05) is 0 Å². The minimum atomic E-state index is -1.14. The lowest BCUT2D eigenvalue weighted by Gasteiger charge is -2.34. The van der Waals surface area contributed by atoms with E-state index in [2.05, 4.69) is 4.99 Å². The normalized spacial score (nSPS) is 20.7. The van der Waals surface area contributed by atoms with E-state index in [-0.39, 0.29) is 24.0 Å². The van der Waals surface area contributed by atoms with Gasteiger partial charge in [0.15, 0.2) is 5.60 Å². The van der Waals surface area contributed by atoms with Crippen molar-refractivity contribution < 1.29 is 14.3 Å². The summed E-state index contributed by atoms with van der Waals surface area (Å²) >= 11 is 0. The van der Waals surface area contributed by atoms with E-state index in [1.807, 2.05) is 67.6 Å². The minimum Gasteiger partial charge on any atom is -0.460 e. The zero-order chi connectivity index (χ0) is 17.9. The van der Waals surface area contributed by atoms with E-state index in [0.29, 0.717) is 12.3 Å². The Hall–Kier alpha value is -2.75. The van der Waals surface area contributed by atoms with E-state index in [1.165, 1.54) is 6.92 Å². The van der Waals surface area contributed by atoms with Gasteiger partial charge >= 0.3 is 0 Å². The maximum atomic E-state index is 12.9. The van der Waals surface area contributed by atoms with E-state index in [4.69, 9.17) is 4.74 Å². The van der Waals surface area contributed by atoms with E-state index in [9.17, 15) is 9.59 Å². The van der Waals surface area contributed by atoms with Crippen LogP contribution in [0.15, 0.2) is 65.7 Å². The fraction of sp³-hybridized carbons (Fsp3) is 0.286. The number of aliphatic imine (C=N–C) groups is 1. The molecule has 3 rings (SSSR count). The van der Waals surface area contributed by atoms with Crippen molar-refractivity contribution in [1.82, 2.24) is 0 Å². The summed E-state index contributed by atoms with van der Waals surface area (Å²) in [6.45, 7) is 3.44. The van der Waals surface area contributed by atoms with Crippen molar-refractivity contribution in [3.63, 3.8) is 0 Å². The molecular weight excluding hydrogens is 314 g/mol. The van der Waals surface area contributed by atoms with Crippen molar-refractivity contribution in [2.45, 2.75) is 38.2 Å². The highest BCUT2D eigenvalue weighted by Crippen LogP contribution is 2.42. The number of ketones is 1. The Bertz CT molecular complexity index is 798. The standard InChI is InChI=1S/C21H21NO3/c1-3-21(18(14-15(2)23)16-10-6-4-7-11-16)20(24)22-19(25-21)17-12-8-5-9-13-17/h4-13,18H,3,14H2,1-2H3/t18-,21-/m0/s1. The molecule has 0 spiro atoms. The third-order valence-electron chi connectivity index (χ3n) is 4.65. The Balaban J connectivity index is 2.01. The first-order valence-electron chi connectivity index (χ1n) is 8.48. The summed E-state index contributed by atoms with van der Waals surface area (Å²) in [6.07, 6.45) is 0.680. The summed E-state index contributed by atoms with van der Waals surface area (Å²) in [5, 5.41) is 0. The molecule has 0 fully saturated rings. The van der Waals surface area contributed by atoms with Gasteiger partial charge in [0.2, 0.25) is 5.90 Å². The summed E-state index contributed by atoms with van der Waals surface area (Å²) in [5.41, 5.74) is 0.538. The van der Waals surface area contributed by atoms with Crippen molar-refractivity contribution in [3.05, 3.63) is 71.8 Å². The Morgan fingerprint density at radius 1 is 1.08 bits per heavy atom. The molecule has 2 aromatic carbocycles. The summed E-state index contributed by atoms with van der Waals surface area (Å²) in [6, 6.07) is 19.0. The molecule has 0 bridgehead atoms. The first-order valence-corrected chi connectivity index (χ1v) is 8.48. The average Bonchev–Trinajstić information content (AvgIpc) is 2.98. The van der Waals surface area contributed by atoms with Crippen molar-refractivity contribution in [2.24, 2.45) is 4.99 Å². The predicted octanol–water partition coefficient (Wildman–Crippen LogP) is 3.90. The van der Waals surface area contributed by atoms with Gasteiger partial charge in [0, 0.05) is 17.9 Å². The third-order valence-corrected chi connectivity index (χ3v) is 4.65. The fourth-order valence-electron chi connectivity index (χ4n) is 3.34. The van der Waals surface area contributed by atoms with Crippen LogP contribution in [0.25, 0.3) is 0 Å². The molecule has 1 heterocycles. The minimum absolute atomic E-state index is 0.0197. The lowest BCUT2D eigenvalue weighted by atomic mass is 9.77. The van der Waals surface area contributed by atoms with Crippen LogP contribution in [0.2, 0.25) is 0 Å². The maximum Gasteiger partial charge on any atom is 0.293 e. The number of carbonyl (C=O) groups excluding carboxylic acids is 2. The molecule has 128 valence electrons. The lowest BCUT2D eigenvalue weighted by Crippen LogP contribution is -2.44. The molecule has 0 aromatic heterocycles. The number of Topliss-reactive ketones (excluding diaryl/α,β-unsaturated/α-hetero) is 1. The topological polar surface area (TPSA) is 55.7 Å². The quantitative estimate of drug-likeness (QED) is 0.804. The summed E-state index contributed by atoms with van der Waals surface area (Å²) < 4.78 is 6.16. The largest absolute Gasteiger partial charge is 0.460 e. The van der Waals surface area contributed by atoms with Gasteiger partial charge in [-0.3, -0.25) is 4.79 Å². The van der Waals surface area contributed by atoms with Gasteiger partial charge in [0.25, 0.3) is 5.91 Å². The summed E-state index contributed by atoms with van der Waals surface area (Å²) in [7, 11) is 0. The first-order chi connectivity index (χ1) is 12.1. The molecule has 1 aliphatic rings. The highest BCUT2D eigenvalue weighted by Gasteiger charge is 2.52. The second kappa shape index (κ2) is 7.01. The van der Waals surface area contributed by atoms with Gasteiger partial charge in [-0.05, 0) is 31.0 Å². The predicted molar refractivity (Wildman–Crippen MR) is 96.6 cm³/mol. The first kappa shape index (κ1) is 17.1. The van der Waals surface area contributed by atoms with Crippen LogP contribution in [0, 0.1) is 0 Å². The van der Waals surface area contributed by atoms with Crippen molar-refractivity contribution in [3.8, 4) is 0 Å². The molecule has 0 saturated carbocycles. The Kier molecular flexibility index (Phi) is 4.79. The number of carbonyl (C=O) groups is 2. The number of amides is 1. The van der Waals surface area contributed by atoms with Gasteiger partial charge in [0.1, 0.15) is 5.78 Å². The van der Waals surface area contributed by atoms with Gasteiger partial charge in [-0.2, -0.15) is 4.99 Å². The van der Waals surface area contributed by atoms with Crippen LogP contribution in [-0.2, 0) is 14.3 Å². The van der Waals surface area contributed by atoms with Gasteiger partial charge in [-0.1, -0.05) is 55.5 Å². The second-order valence-corrected chi connectivity index (χ2v) is 6.30. The number of rotatable bonds is 6. The number of hydrogen-bond acceptors (Lipinski definition) is 3. The van der Waals surface area contributed by atoms with Gasteiger partial charge in [0.05, 0.1) is 0 Å². The fourth-order valence-corrected chi connectivity index (χ4v) is 3.34. The highest BCUT2D eigenvalue weighted by atomic mass is 16.5. The molecule has 25 heavy (non-hydrogen) atoms. The Morgan fingerprint density at radius 3 is 2.24 bits per heavy atom. The van der Waals surface area contributed by atoms with Crippen LogP contribution < -0.4 is 0 Å². The number of hydrogen-bond donors (Lipinski definition) is 0. The smallest absolute Gasteiger partial charge is 0.293 e. The van der Waals surface area contributed by atoms with E-state index < -0.39 is 5.60 Å². The Morgan fingerprint density at radius 2 is 1.68 bits per heavy atom. The van der Waals surface area contributed by atoms with Crippen LogP contribution >= 0.6 is 0 Å². The molecule has 0 N–H and O–H groups in total. The zero-order valence-corrected chi connectivity index (χ0v) is 14.4. The molecule has 4 nitrogen and oxygen atoms in total. The van der Waals surface area contributed by atoms with Crippen LogP contribution in [0.4, 0.5) is 0 Å². The molecule has 2 atom stereocenters. The van der Waals surface area contributed by atoms with Gasteiger partial charge in [-0.25, -0.2) is 0 Å². The third kappa shape index (κ3) is 3.25. The molecule has 2 aromatic rings. The van der Waals surface area contributed by atoms with E-state index >= 15 is 0 Å². The van der Waals surface area contributed by atoms with Crippen LogP contribution in [0.3, 0.4) is 0 Å². The van der Waals surface area contributed by atoms with Crippen molar-refractivity contribution in [1.29, 1.82) is 0 Å². The lowest BCUT2D eigenvalue weighted by molar-refractivity contribution is -0.134. The van der Waals surface area contributed by atoms with Gasteiger partial charge < -0.3 is 9.53 Å². The van der Waals surface area contributed by atoms with E-state index in [1.54, 1.807) is 0 Å². The number of benzene rings is 2. The maximum absolute atomic E-state index is 12.9. The van der Waals surface area contributed by atoms with Crippen LogP contribution in [0.1, 0.15) is 43.7 Å². The number of nitrogens with zero attached hydrogens (tertiary/aromatic N) is 1. The average molecular weight is 335 g/mol. The van der Waals surface area contributed by atoms with Crippen LogP contribution in [0.5, 0.6) is 0 Å². The molecule has 0 radical (unpaired) electrons. The molecule has 1 amide bonds. The molecule has 0 unspecified atom stereocenters. The summed E-state index contributed by atoms with van der Waals surface area (Å²) in [5.74, 6) is -0.333. The molecule has 0 saturated heterocycles. The zero-order valence-electron chi connectivity index (χ0n) is 14.4. The Labute approximate surface area is 147 Å². The van der Waals surface area contributed by atoms with E-state index in [0.717, 1.165) is 11.1 Å². The SMILES string of the molecule is CC[C@@]1([C@@H](CC(C)=O)c2ccccc2)OC(c2ccccc2)=NC1=O. The molecule has 1 aliphatic heterocycles. The molecule has 0 aliphatic carbocycles. The van der Waals surface area contributed by atoms with Gasteiger partial charge in [-0.15, -0.1) is 0 Å². The second-order valence-electron chi connectivity index (χ2n) is 6.30. The molecule has 4 heteroatoms. The summed E-state index contributed by atoms with van der Waals surface area (Å²) in [4.78, 5) is 29.0. The highest BCUT2D eigenvalue weighted by molar-refractivity contribution is 6.09. The number of ether oxygens (including phenoxy) is 1. The van der Waals surface area contributed by atoms with Crippen molar-refractivity contribution >= 4 is 17.6 Å². The molecular formula is C21H21NO3. The monoisotopic (exact) mass is 335 g/mol. The van der Waals surface area contributed by atoms with Crippen LogP contribution in [-0.4, -0.2) is 23.2 Å².